The molecule has 2 saturated heterocycles. The number of hydrogen-bond donors (Lipinski definition) is 1. The summed E-state index contributed by atoms with van der Waals surface area (Å²) in [5.41, 5.74) is 1.27. The first-order valence-electron chi connectivity index (χ1n) is 9.57. The Morgan fingerprint density at radius 1 is 1.40 bits per heavy atom. The second-order valence-electron chi connectivity index (χ2n) is 7.30. The van der Waals surface area contributed by atoms with Crippen LogP contribution in [0.2, 0.25) is 0 Å². The van der Waals surface area contributed by atoms with Crippen molar-refractivity contribution < 1.29 is 9.53 Å². The Kier molecular flexibility index (Phi) is 6.32. The fourth-order valence-corrected chi connectivity index (χ4v) is 3.94. The van der Waals surface area contributed by atoms with E-state index in [1.807, 2.05) is 30.1 Å². The maximum atomic E-state index is 12.5. The summed E-state index contributed by atoms with van der Waals surface area (Å²) in [7, 11) is 1.89. The Labute approximate surface area is 151 Å². The smallest absolute Gasteiger partial charge is 0.317 e. The standard InChI is InChI=1S/C20H31N3O2/c1-3-17(12-16-8-5-4-6-9-16)22(2)20(24)21-13-19-14-23-11-7-10-18(23)15-25-19/h4-6,8-9,17-19H,3,7,10-15H2,1-2H3,(H,21,24)/t17-,18+,19-/m1/s1. The number of morpholine rings is 1. The molecule has 2 amide bonds. The van der Waals surface area contributed by atoms with Crippen molar-refractivity contribution in [3.05, 3.63) is 35.9 Å². The van der Waals surface area contributed by atoms with E-state index < -0.39 is 0 Å². The van der Waals surface area contributed by atoms with Crippen molar-refractivity contribution in [2.45, 2.75) is 50.8 Å². The van der Waals surface area contributed by atoms with Crippen molar-refractivity contribution >= 4 is 6.03 Å². The average molecular weight is 345 g/mol. The summed E-state index contributed by atoms with van der Waals surface area (Å²) in [5, 5.41) is 3.07. The van der Waals surface area contributed by atoms with Crippen LogP contribution in [-0.2, 0) is 11.2 Å². The molecule has 1 N–H and O–H groups in total. The van der Waals surface area contributed by atoms with Gasteiger partial charge in [-0.05, 0) is 37.8 Å². The molecule has 0 aromatic heterocycles. The van der Waals surface area contributed by atoms with E-state index in [0.717, 1.165) is 26.0 Å². The molecular weight excluding hydrogens is 314 g/mol. The molecule has 2 heterocycles. The lowest BCUT2D eigenvalue weighted by molar-refractivity contribution is -0.0461. The van der Waals surface area contributed by atoms with Crippen molar-refractivity contribution in [3.63, 3.8) is 0 Å². The van der Waals surface area contributed by atoms with Crippen LogP contribution in [0.25, 0.3) is 0 Å². The van der Waals surface area contributed by atoms with Gasteiger partial charge in [-0.15, -0.1) is 0 Å². The number of benzene rings is 1. The predicted molar refractivity (Wildman–Crippen MR) is 99.7 cm³/mol. The molecule has 0 spiro atoms. The van der Waals surface area contributed by atoms with Gasteiger partial charge in [-0.25, -0.2) is 4.79 Å². The van der Waals surface area contributed by atoms with Gasteiger partial charge in [0.15, 0.2) is 0 Å². The third-order valence-electron chi connectivity index (χ3n) is 5.60. The maximum Gasteiger partial charge on any atom is 0.317 e. The van der Waals surface area contributed by atoms with E-state index >= 15 is 0 Å². The topological polar surface area (TPSA) is 44.8 Å². The third-order valence-corrected chi connectivity index (χ3v) is 5.60. The summed E-state index contributed by atoms with van der Waals surface area (Å²) in [6.45, 7) is 5.65. The van der Waals surface area contributed by atoms with Gasteiger partial charge in [-0.2, -0.15) is 0 Å². The van der Waals surface area contributed by atoms with Gasteiger partial charge in [-0.3, -0.25) is 4.90 Å². The highest BCUT2D eigenvalue weighted by Crippen LogP contribution is 2.22. The number of hydrogen-bond acceptors (Lipinski definition) is 3. The highest BCUT2D eigenvalue weighted by Gasteiger charge is 2.32. The first-order chi connectivity index (χ1) is 12.2. The van der Waals surface area contributed by atoms with E-state index in [0.29, 0.717) is 12.6 Å². The van der Waals surface area contributed by atoms with E-state index in [2.05, 4.69) is 29.3 Å². The SMILES string of the molecule is CC[C@H](Cc1ccccc1)N(C)C(=O)NC[C@@H]1CN2CCC[C@H]2CO1. The molecule has 0 unspecified atom stereocenters. The van der Waals surface area contributed by atoms with E-state index in [-0.39, 0.29) is 18.2 Å². The molecule has 25 heavy (non-hydrogen) atoms. The molecule has 2 aliphatic rings. The fourth-order valence-electron chi connectivity index (χ4n) is 3.94. The van der Waals surface area contributed by atoms with Crippen LogP contribution in [0.1, 0.15) is 31.7 Å². The second-order valence-corrected chi connectivity index (χ2v) is 7.30. The maximum absolute atomic E-state index is 12.5. The Hall–Kier alpha value is -1.59. The number of carbonyl (C=O) groups is 1. The third kappa shape index (κ3) is 4.73. The Bertz CT molecular complexity index is 551. The lowest BCUT2D eigenvalue weighted by atomic mass is 10.0. The van der Waals surface area contributed by atoms with Crippen molar-refractivity contribution in [1.29, 1.82) is 0 Å². The number of fused-ring (bicyclic) bond motifs is 1. The number of carbonyl (C=O) groups excluding carboxylic acids is 1. The first-order valence-corrected chi connectivity index (χ1v) is 9.57. The zero-order valence-electron chi connectivity index (χ0n) is 15.5. The van der Waals surface area contributed by atoms with Gasteiger partial charge in [0.05, 0.1) is 12.7 Å². The van der Waals surface area contributed by atoms with Gasteiger partial charge in [0.25, 0.3) is 0 Å². The number of nitrogens with zero attached hydrogens (tertiary/aromatic N) is 2. The predicted octanol–water partition coefficient (Wildman–Crippen LogP) is 2.51. The minimum atomic E-state index is -0.00470. The molecule has 0 saturated carbocycles. The molecule has 1 aromatic carbocycles. The minimum absolute atomic E-state index is 0.00470. The molecule has 2 fully saturated rings. The number of ether oxygens (including phenoxy) is 1. The monoisotopic (exact) mass is 345 g/mol. The van der Waals surface area contributed by atoms with Crippen LogP contribution in [0.5, 0.6) is 0 Å². The molecule has 0 aliphatic carbocycles. The van der Waals surface area contributed by atoms with Crippen molar-refractivity contribution in [2.24, 2.45) is 0 Å². The van der Waals surface area contributed by atoms with Crippen LogP contribution in [0.4, 0.5) is 4.79 Å². The molecule has 5 heteroatoms. The molecule has 2 aliphatic heterocycles. The number of likely N-dealkylation sites (N-methyl/N-ethyl adjacent to an activating group) is 1. The van der Waals surface area contributed by atoms with Crippen LogP contribution in [0.15, 0.2) is 30.3 Å². The van der Waals surface area contributed by atoms with Crippen LogP contribution in [0, 0.1) is 0 Å². The lowest BCUT2D eigenvalue weighted by Gasteiger charge is -2.35. The zero-order valence-corrected chi connectivity index (χ0v) is 15.5. The van der Waals surface area contributed by atoms with Crippen molar-refractivity contribution in [1.82, 2.24) is 15.1 Å². The first kappa shape index (κ1) is 18.2. The van der Waals surface area contributed by atoms with E-state index in [4.69, 9.17) is 4.74 Å². The average Bonchev–Trinajstić information content (AvgIpc) is 3.12. The zero-order chi connectivity index (χ0) is 17.6. The number of urea groups is 1. The quantitative estimate of drug-likeness (QED) is 0.862. The second kappa shape index (κ2) is 8.68. The van der Waals surface area contributed by atoms with Crippen LogP contribution >= 0.6 is 0 Å². The normalized spacial score (nSPS) is 24.6. The molecule has 138 valence electrons. The minimum Gasteiger partial charge on any atom is -0.373 e. The largest absolute Gasteiger partial charge is 0.373 e. The van der Waals surface area contributed by atoms with Crippen molar-refractivity contribution in [3.8, 4) is 0 Å². The Balaban J connectivity index is 1.46. The summed E-state index contributed by atoms with van der Waals surface area (Å²) in [6.07, 6.45) is 4.46. The summed E-state index contributed by atoms with van der Waals surface area (Å²) < 4.78 is 5.93. The molecule has 5 nitrogen and oxygen atoms in total. The molecule has 0 radical (unpaired) electrons. The number of nitrogens with one attached hydrogen (secondary N) is 1. The summed E-state index contributed by atoms with van der Waals surface area (Å²) in [6, 6.07) is 11.2. The van der Waals surface area contributed by atoms with Gasteiger partial charge in [0.1, 0.15) is 0 Å². The molecule has 1 aromatic rings. The fraction of sp³-hybridized carbons (Fsp3) is 0.650. The highest BCUT2D eigenvalue weighted by atomic mass is 16.5. The van der Waals surface area contributed by atoms with Crippen LogP contribution in [0.3, 0.4) is 0 Å². The Morgan fingerprint density at radius 2 is 2.20 bits per heavy atom. The Morgan fingerprint density at radius 3 is 2.96 bits per heavy atom. The van der Waals surface area contributed by atoms with Gasteiger partial charge < -0.3 is 15.0 Å². The number of rotatable bonds is 6. The van der Waals surface area contributed by atoms with Gasteiger partial charge in [0, 0.05) is 32.2 Å². The van der Waals surface area contributed by atoms with Crippen LogP contribution in [-0.4, -0.2) is 67.3 Å². The van der Waals surface area contributed by atoms with E-state index in [9.17, 15) is 4.79 Å². The summed E-state index contributed by atoms with van der Waals surface area (Å²) in [5.74, 6) is 0. The molecule has 3 rings (SSSR count). The van der Waals surface area contributed by atoms with Crippen LogP contribution < -0.4 is 5.32 Å². The number of amides is 2. The molecular formula is C20H31N3O2. The van der Waals surface area contributed by atoms with Gasteiger partial charge in [0.2, 0.25) is 0 Å². The van der Waals surface area contributed by atoms with Gasteiger partial charge in [-0.1, -0.05) is 37.3 Å². The molecule has 3 atom stereocenters. The van der Waals surface area contributed by atoms with E-state index in [1.54, 1.807) is 0 Å². The lowest BCUT2D eigenvalue weighted by Crippen LogP contribution is -2.52. The van der Waals surface area contributed by atoms with Crippen molar-refractivity contribution in [2.75, 3.05) is 33.3 Å². The molecule has 0 bridgehead atoms. The van der Waals surface area contributed by atoms with Gasteiger partial charge >= 0.3 is 6.03 Å². The summed E-state index contributed by atoms with van der Waals surface area (Å²) in [4.78, 5) is 16.9. The highest BCUT2D eigenvalue weighted by molar-refractivity contribution is 5.74. The van der Waals surface area contributed by atoms with E-state index in [1.165, 1.54) is 24.9 Å². The summed E-state index contributed by atoms with van der Waals surface area (Å²) >= 11 is 0.